The molecule has 0 aliphatic heterocycles. The van der Waals surface area contributed by atoms with Crippen LogP contribution in [0.3, 0.4) is 0 Å². The van der Waals surface area contributed by atoms with Crippen LogP contribution in [-0.2, 0) is 4.79 Å². The number of carbonyl (C=O) groups excluding carboxylic acids is 1. The molecule has 0 fully saturated rings. The van der Waals surface area contributed by atoms with Crippen molar-refractivity contribution in [3.63, 3.8) is 0 Å². The van der Waals surface area contributed by atoms with Gasteiger partial charge in [0, 0.05) is 24.9 Å². The van der Waals surface area contributed by atoms with E-state index < -0.39 is 11.9 Å². The molecule has 0 bridgehead atoms. The minimum absolute atomic E-state index is 0.0189. The van der Waals surface area contributed by atoms with Crippen LogP contribution in [0, 0.1) is 5.92 Å². The lowest BCUT2D eigenvalue weighted by atomic mass is 10.2. The first-order chi connectivity index (χ1) is 7.69. The number of nitrogens with one attached hydrogen (secondary N) is 1. The minimum atomic E-state index is -0.894. The number of carbonyl (C=O) groups is 2. The molecule has 0 aliphatic rings. The van der Waals surface area contributed by atoms with E-state index in [1.807, 2.05) is 20.1 Å². The van der Waals surface area contributed by atoms with Gasteiger partial charge in [-0.1, -0.05) is 6.92 Å². The van der Waals surface area contributed by atoms with Gasteiger partial charge >= 0.3 is 12.0 Å². The summed E-state index contributed by atoms with van der Waals surface area (Å²) >= 11 is 1.67. The summed E-state index contributed by atoms with van der Waals surface area (Å²) < 4.78 is -0.0189. The topological polar surface area (TPSA) is 69.6 Å². The molecular formula is C11H22N2O3S. The molecular weight excluding hydrogens is 240 g/mol. The van der Waals surface area contributed by atoms with Gasteiger partial charge in [-0.25, -0.2) is 4.79 Å². The van der Waals surface area contributed by atoms with E-state index in [1.165, 1.54) is 4.90 Å². The molecule has 0 rings (SSSR count). The second-order valence-corrected chi connectivity index (χ2v) is 6.26. The van der Waals surface area contributed by atoms with Gasteiger partial charge in [0.15, 0.2) is 0 Å². The maximum absolute atomic E-state index is 11.7. The van der Waals surface area contributed by atoms with Crippen molar-refractivity contribution in [2.75, 3.05) is 26.4 Å². The number of amides is 2. The van der Waals surface area contributed by atoms with E-state index in [9.17, 15) is 9.59 Å². The Hall–Kier alpha value is -0.910. The lowest BCUT2D eigenvalue weighted by Crippen LogP contribution is -2.44. The van der Waals surface area contributed by atoms with Gasteiger partial charge in [0.25, 0.3) is 0 Å². The average Bonchev–Trinajstić information content (AvgIpc) is 2.25. The first-order valence-electron chi connectivity index (χ1n) is 5.46. The summed E-state index contributed by atoms with van der Waals surface area (Å²) in [6.07, 6.45) is 1.99. The average molecular weight is 262 g/mol. The fraction of sp³-hybridized carbons (Fsp3) is 0.818. The van der Waals surface area contributed by atoms with Gasteiger partial charge < -0.3 is 15.3 Å². The fourth-order valence-electron chi connectivity index (χ4n) is 1.07. The van der Waals surface area contributed by atoms with Crippen LogP contribution in [0.15, 0.2) is 0 Å². The number of rotatable bonds is 6. The third-order valence-electron chi connectivity index (χ3n) is 2.53. The summed E-state index contributed by atoms with van der Waals surface area (Å²) in [5.41, 5.74) is 0. The van der Waals surface area contributed by atoms with E-state index in [0.717, 1.165) is 0 Å². The number of thioether (sulfide) groups is 1. The van der Waals surface area contributed by atoms with E-state index in [4.69, 9.17) is 5.11 Å². The molecule has 6 heteroatoms. The molecule has 2 amide bonds. The summed E-state index contributed by atoms with van der Waals surface area (Å²) in [7, 11) is 1.60. The molecule has 0 heterocycles. The minimum Gasteiger partial charge on any atom is -0.481 e. The SMILES string of the molecule is CSC(C)(C)CNC(=O)N(C)CC(C)C(=O)O. The van der Waals surface area contributed by atoms with Crippen LogP contribution >= 0.6 is 11.8 Å². The fourth-order valence-corrected chi connectivity index (χ4v) is 1.28. The van der Waals surface area contributed by atoms with Crippen LogP contribution in [-0.4, -0.2) is 53.1 Å². The molecule has 5 nitrogen and oxygen atoms in total. The molecule has 0 aromatic heterocycles. The van der Waals surface area contributed by atoms with Crippen molar-refractivity contribution >= 4 is 23.8 Å². The van der Waals surface area contributed by atoms with Gasteiger partial charge in [-0.15, -0.1) is 0 Å². The van der Waals surface area contributed by atoms with E-state index in [-0.39, 0.29) is 17.3 Å². The summed E-state index contributed by atoms with van der Waals surface area (Å²) in [4.78, 5) is 23.7. The van der Waals surface area contributed by atoms with Crippen molar-refractivity contribution in [2.45, 2.75) is 25.5 Å². The maximum Gasteiger partial charge on any atom is 0.317 e. The highest BCUT2D eigenvalue weighted by Gasteiger charge is 2.20. The second-order valence-electron chi connectivity index (χ2n) is 4.74. The Morgan fingerprint density at radius 2 is 2.00 bits per heavy atom. The number of nitrogens with zero attached hydrogens (tertiary/aromatic N) is 1. The third-order valence-corrected chi connectivity index (χ3v) is 3.78. The molecule has 2 N–H and O–H groups in total. The standard InChI is InChI=1S/C11H22N2O3S/c1-8(9(14)15)6-13(4)10(16)12-7-11(2,3)17-5/h8H,6-7H2,1-5H3,(H,12,16)(H,14,15). The predicted molar refractivity (Wildman–Crippen MR) is 70.4 cm³/mol. The van der Waals surface area contributed by atoms with E-state index in [0.29, 0.717) is 6.54 Å². The smallest absolute Gasteiger partial charge is 0.317 e. The number of hydrogen-bond acceptors (Lipinski definition) is 3. The normalized spacial score (nSPS) is 13.0. The number of aliphatic carboxylic acids is 1. The number of urea groups is 1. The second kappa shape index (κ2) is 6.74. The van der Waals surface area contributed by atoms with Crippen LogP contribution in [0.4, 0.5) is 4.79 Å². The Balaban J connectivity index is 4.11. The van der Waals surface area contributed by atoms with Crippen molar-refractivity contribution < 1.29 is 14.7 Å². The van der Waals surface area contributed by atoms with Crippen molar-refractivity contribution in [1.29, 1.82) is 0 Å². The first kappa shape index (κ1) is 16.1. The zero-order chi connectivity index (χ0) is 13.6. The van der Waals surface area contributed by atoms with Crippen molar-refractivity contribution in [1.82, 2.24) is 10.2 Å². The number of carboxylic acid groups (broad SMARTS) is 1. The van der Waals surface area contributed by atoms with Crippen LogP contribution < -0.4 is 5.32 Å². The third kappa shape index (κ3) is 6.41. The highest BCUT2D eigenvalue weighted by atomic mass is 32.2. The van der Waals surface area contributed by atoms with Gasteiger partial charge in [-0.2, -0.15) is 11.8 Å². The largest absolute Gasteiger partial charge is 0.481 e. The molecule has 0 aromatic rings. The Morgan fingerprint density at radius 1 is 1.47 bits per heavy atom. The molecule has 100 valence electrons. The zero-order valence-electron chi connectivity index (χ0n) is 11.1. The molecule has 17 heavy (non-hydrogen) atoms. The molecule has 0 radical (unpaired) electrons. The Bertz CT molecular complexity index is 282. The molecule has 0 saturated carbocycles. The van der Waals surface area contributed by atoms with E-state index >= 15 is 0 Å². The lowest BCUT2D eigenvalue weighted by molar-refractivity contribution is -0.141. The van der Waals surface area contributed by atoms with Crippen LogP contribution in [0.5, 0.6) is 0 Å². The van der Waals surface area contributed by atoms with Crippen LogP contribution in [0.2, 0.25) is 0 Å². The first-order valence-corrected chi connectivity index (χ1v) is 6.69. The summed E-state index contributed by atoms with van der Waals surface area (Å²) in [5, 5.41) is 11.5. The Kier molecular flexibility index (Phi) is 6.37. The van der Waals surface area contributed by atoms with Crippen molar-refractivity contribution in [3.8, 4) is 0 Å². The molecule has 0 spiro atoms. The lowest BCUT2D eigenvalue weighted by Gasteiger charge is -2.25. The Labute approximate surface area is 107 Å². The van der Waals surface area contributed by atoms with E-state index in [2.05, 4.69) is 5.32 Å². The van der Waals surface area contributed by atoms with Gasteiger partial charge in [0.2, 0.25) is 0 Å². The number of hydrogen-bond donors (Lipinski definition) is 2. The molecule has 0 aliphatic carbocycles. The monoisotopic (exact) mass is 262 g/mol. The summed E-state index contributed by atoms with van der Waals surface area (Å²) in [6, 6.07) is -0.236. The highest BCUT2D eigenvalue weighted by Crippen LogP contribution is 2.19. The maximum atomic E-state index is 11.7. The molecule has 1 unspecified atom stereocenters. The van der Waals surface area contributed by atoms with Crippen molar-refractivity contribution in [2.24, 2.45) is 5.92 Å². The van der Waals surface area contributed by atoms with Gasteiger partial charge in [0.1, 0.15) is 0 Å². The molecule has 1 atom stereocenters. The van der Waals surface area contributed by atoms with Gasteiger partial charge in [0.05, 0.1) is 5.92 Å². The van der Waals surface area contributed by atoms with E-state index in [1.54, 1.807) is 25.7 Å². The van der Waals surface area contributed by atoms with Gasteiger partial charge in [-0.3, -0.25) is 4.79 Å². The zero-order valence-corrected chi connectivity index (χ0v) is 11.9. The van der Waals surface area contributed by atoms with Crippen molar-refractivity contribution in [3.05, 3.63) is 0 Å². The Morgan fingerprint density at radius 3 is 2.41 bits per heavy atom. The number of carboxylic acids is 1. The van der Waals surface area contributed by atoms with Crippen LogP contribution in [0.25, 0.3) is 0 Å². The highest BCUT2D eigenvalue weighted by molar-refractivity contribution is 7.99. The van der Waals surface area contributed by atoms with Gasteiger partial charge in [-0.05, 0) is 20.1 Å². The summed E-state index contributed by atoms with van der Waals surface area (Å²) in [5.74, 6) is -1.45. The summed E-state index contributed by atoms with van der Waals surface area (Å²) in [6.45, 7) is 6.42. The van der Waals surface area contributed by atoms with Crippen LogP contribution in [0.1, 0.15) is 20.8 Å². The quantitative estimate of drug-likeness (QED) is 0.761. The molecule has 0 aromatic carbocycles. The molecule has 0 saturated heterocycles. The predicted octanol–water partition coefficient (Wildman–Crippen LogP) is 1.49.